The Morgan fingerprint density at radius 3 is 2.30 bits per heavy atom. The van der Waals surface area contributed by atoms with Crippen LogP contribution in [-0.4, -0.2) is 25.2 Å². The van der Waals surface area contributed by atoms with Crippen molar-refractivity contribution in [2.45, 2.75) is 39.7 Å². The van der Waals surface area contributed by atoms with Gasteiger partial charge in [-0.25, -0.2) is 9.67 Å². The number of benzene rings is 3. The molecule has 1 amide bonds. The number of anilines is 1. The fraction of sp³-hybridized carbons (Fsp3) is 0.200. The third kappa shape index (κ3) is 4.93. The molecule has 7 heteroatoms. The Kier molecular flexibility index (Phi) is 6.21. The predicted octanol–water partition coefficient (Wildman–Crippen LogP) is 5.49. The van der Waals surface area contributed by atoms with Crippen LogP contribution in [0.2, 0.25) is 0 Å². The summed E-state index contributed by atoms with van der Waals surface area (Å²) in [5.41, 5.74) is 3.49. The molecule has 3 aromatic carbocycles. The van der Waals surface area contributed by atoms with Crippen molar-refractivity contribution in [1.29, 1.82) is 0 Å². The van der Waals surface area contributed by atoms with Crippen LogP contribution in [0, 0.1) is 6.92 Å². The van der Waals surface area contributed by atoms with E-state index >= 15 is 0 Å². The fourth-order valence-corrected chi connectivity index (χ4v) is 4.26. The molecule has 0 radical (unpaired) electrons. The average Bonchev–Trinajstić information content (AvgIpc) is 3.27. The molecule has 0 atom stereocenters. The molecular weight excluding hydrogens is 462 g/mol. The number of carbonyl (C=O) groups excluding carboxylic acids is 1. The zero-order chi connectivity index (χ0) is 26.2. The lowest BCUT2D eigenvalue weighted by Crippen LogP contribution is -2.22. The molecular formula is C30H29N5O2. The van der Waals surface area contributed by atoms with E-state index in [1.165, 1.54) is 0 Å². The highest BCUT2D eigenvalue weighted by Crippen LogP contribution is 2.25. The number of fused-ring (bicyclic) bond motifs is 1. The minimum Gasteiger partial charge on any atom is -0.307 e. The summed E-state index contributed by atoms with van der Waals surface area (Å²) in [6.07, 6.45) is 0. The standard InChI is InChI=1S/C30H29N5O2/c1-20-31-25-13-9-8-12-24(25)29(37)35(20)23-16-14-22(15-17-23)28(36)32-27-18-26(30(2,3)4)33-34(27)19-21-10-6-5-7-11-21/h5-18H,19H2,1-4H3,(H,32,36). The zero-order valence-electron chi connectivity index (χ0n) is 21.4. The van der Waals surface area contributed by atoms with Gasteiger partial charge in [0, 0.05) is 17.0 Å². The number of amides is 1. The van der Waals surface area contributed by atoms with E-state index in [2.05, 4.69) is 31.1 Å². The largest absolute Gasteiger partial charge is 0.307 e. The summed E-state index contributed by atoms with van der Waals surface area (Å²) in [6.45, 7) is 8.63. The molecule has 0 saturated carbocycles. The van der Waals surface area contributed by atoms with E-state index in [0.29, 0.717) is 40.3 Å². The van der Waals surface area contributed by atoms with E-state index < -0.39 is 0 Å². The molecule has 0 saturated heterocycles. The summed E-state index contributed by atoms with van der Waals surface area (Å²) in [7, 11) is 0. The summed E-state index contributed by atoms with van der Waals surface area (Å²) in [6, 6.07) is 26.2. The number of aromatic nitrogens is 4. The van der Waals surface area contributed by atoms with Gasteiger partial charge in [-0.05, 0) is 48.9 Å². The van der Waals surface area contributed by atoms with Crippen molar-refractivity contribution in [3.63, 3.8) is 0 Å². The lowest BCUT2D eigenvalue weighted by molar-refractivity contribution is 0.102. The first-order valence-corrected chi connectivity index (χ1v) is 12.2. The molecule has 37 heavy (non-hydrogen) atoms. The topological polar surface area (TPSA) is 81.8 Å². The number of carbonyl (C=O) groups is 1. The Hall–Kier alpha value is -4.52. The van der Waals surface area contributed by atoms with Gasteiger partial charge in [0.15, 0.2) is 0 Å². The highest BCUT2D eigenvalue weighted by atomic mass is 16.1. The van der Waals surface area contributed by atoms with E-state index in [4.69, 9.17) is 5.10 Å². The molecule has 0 aliphatic rings. The summed E-state index contributed by atoms with van der Waals surface area (Å²) in [4.78, 5) is 30.9. The second-order valence-corrected chi connectivity index (χ2v) is 10.1. The zero-order valence-corrected chi connectivity index (χ0v) is 21.4. The fourth-order valence-electron chi connectivity index (χ4n) is 4.26. The van der Waals surface area contributed by atoms with Gasteiger partial charge >= 0.3 is 0 Å². The lowest BCUT2D eigenvalue weighted by atomic mass is 9.92. The normalized spacial score (nSPS) is 11.6. The molecule has 186 valence electrons. The van der Waals surface area contributed by atoms with Crippen LogP contribution in [0.4, 0.5) is 5.82 Å². The Bertz CT molecular complexity index is 1640. The number of hydrogen-bond acceptors (Lipinski definition) is 4. The molecule has 0 bridgehead atoms. The molecule has 5 aromatic rings. The minimum absolute atomic E-state index is 0.139. The van der Waals surface area contributed by atoms with Crippen LogP contribution in [0.5, 0.6) is 0 Å². The average molecular weight is 492 g/mol. The van der Waals surface area contributed by atoms with Gasteiger partial charge in [0.05, 0.1) is 28.8 Å². The number of rotatable bonds is 5. The predicted molar refractivity (Wildman–Crippen MR) is 147 cm³/mol. The van der Waals surface area contributed by atoms with Crippen LogP contribution >= 0.6 is 0 Å². The number of nitrogens with one attached hydrogen (secondary N) is 1. The van der Waals surface area contributed by atoms with Crippen molar-refractivity contribution in [1.82, 2.24) is 19.3 Å². The molecule has 0 aliphatic carbocycles. The van der Waals surface area contributed by atoms with Crippen LogP contribution in [0.25, 0.3) is 16.6 Å². The first-order chi connectivity index (χ1) is 17.7. The molecule has 2 heterocycles. The Morgan fingerprint density at radius 2 is 1.59 bits per heavy atom. The van der Waals surface area contributed by atoms with Gasteiger partial charge < -0.3 is 5.32 Å². The van der Waals surface area contributed by atoms with E-state index in [1.54, 1.807) is 41.8 Å². The van der Waals surface area contributed by atoms with Gasteiger partial charge in [0.2, 0.25) is 0 Å². The lowest BCUT2D eigenvalue weighted by Gasteiger charge is -2.14. The SMILES string of the molecule is Cc1nc2ccccc2c(=O)n1-c1ccc(C(=O)Nc2cc(C(C)(C)C)nn2Cc2ccccc2)cc1. The third-order valence-corrected chi connectivity index (χ3v) is 6.30. The van der Waals surface area contributed by atoms with E-state index in [1.807, 2.05) is 59.3 Å². The summed E-state index contributed by atoms with van der Waals surface area (Å²) < 4.78 is 3.39. The number of nitrogens with zero attached hydrogens (tertiary/aromatic N) is 4. The van der Waals surface area contributed by atoms with Gasteiger partial charge in [-0.1, -0.05) is 63.2 Å². The van der Waals surface area contributed by atoms with Crippen molar-refractivity contribution >= 4 is 22.6 Å². The minimum atomic E-state index is -0.248. The van der Waals surface area contributed by atoms with Gasteiger partial charge in [-0.15, -0.1) is 0 Å². The Morgan fingerprint density at radius 1 is 0.919 bits per heavy atom. The second-order valence-electron chi connectivity index (χ2n) is 10.1. The summed E-state index contributed by atoms with van der Waals surface area (Å²) in [5, 5.41) is 8.36. The number of aryl methyl sites for hydroxylation is 1. The van der Waals surface area contributed by atoms with Gasteiger partial charge in [0.1, 0.15) is 11.6 Å². The van der Waals surface area contributed by atoms with E-state index in [9.17, 15) is 9.59 Å². The van der Waals surface area contributed by atoms with Gasteiger partial charge in [0.25, 0.3) is 11.5 Å². The molecule has 0 aliphatic heterocycles. The van der Waals surface area contributed by atoms with Crippen molar-refractivity contribution in [3.05, 3.63) is 118 Å². The van der Waals surface area contributed by atoms with E-state index in [0.717, 1.165) is 11.3 Å². The van der Waals surface area contributed by atoms with Crippen molar-refractivity contribution in [3.8, 4) is 5.69 Å². The number of hydrogen-bond donors (Lipinski definition) is 1. The Balaban J connectivity index is 1.43. The van der Waals surface area contributed by atoms with Crippen molar-refractivity contribution < 1.29 is 4.79 Å². The summed E-state index contributed by atoms with van der Waals surface area (Å²) >= 11 is 0. The molecule has 2 aromatic heterocycles. The van der Waals surface area contributed by atoms with Crippen LogP contribution in [0.15, 0.2) is 89.7 Å². The highest BCUT2D eigenvalue weighted by molar-refractivity contribution is 6.04. The molecule has 5 rings (SSSR count). The van der Waals surface area contributed by atoms with Gasteiger partial charge in [-0.2, -0.15) is 5.10 Å². The maximum atomic E-state index is 13.2. The third-order valence-electron chi connectivity index (χ3n) is 6.30. The van der Waals surface area contributed by atoms with Crippen LogP contribution < -0.4 is 10.9 Å². The molecule has 0 unspecified atom stereocenters. The summed E-state index contributed by atoms with van der Waals surface area (Å²) in [5.74, 6) is 0.969. The first-order valence-electron chi connectivity index (χ1n) is 12.2. The molecule has 0 spiro atoms. The van der Waals surface area contributed by atoms with Crippen LogP contribution in [-0.2, 0) is 12.0 Å². The smallest absolute Gasteiger partial charge is 0.265 e. The quantitative estimate of drug-likeness (QED) is 0.353. The van der Waals surface area contributed by atoms with Crippen molar-refractivity contribution in [2.75, 3.05) is 5.32 Å². The second kappa shape index (κ2) is 9.50. The first kappa shape index (κ1) is 24.2. The van der Waals surface area contributed by atoms with Crippen molar-refractivity contribution in [2.24, 2.45) is 0 Å². The van der Waals surface area contributed by atoms with E-state index in [-0.39, 0.29) is 16.9 Å². The van der Waals surface area contributed by atoms with Gasteiger partial charge in [-0.3, -0.25) is 14.2 Å². The molecule has 7 nitrogen and oxygen atoms in total. The number of para-hydroxylation sites is 1. The molecule has 1 N–H and O–H groups in total. The highest BCUT2D eigenvalue weighted by Gasteiger charge is 2.21. The maximum Gasteiger partial charge on any atom is 0.265 e. The maximum absolute atomic E-state index is 13.2. The van der Waals surface area contributed by atoms with Crippen LogP contribution in [0.3, 0.4) is 0 Å². The van der Waals surface area contributed by atoms with Crippen LogP contribution in [0.1, 0.15) is 48.2 Å². The Labute approximate surface area is 215 Å². The molecule has 0 fully saturated rings. The monoisotopic (exact) mass is 491 g/mol.